The Bertz CT molecular complexity index is 424. The van der Waals surface area contributed by atoms with Crippen LogP contribution < -0.4 is 5.32 Å². The Morgan fingerprint density at radius 2 is 2.17 bits per heavy atom. The van der Waals surface area contributed by atoms with Gasteiger partial charge in [0, 0.05) is 25.5 Å². The van der Waals surface area contributed by atoms with Gasteiger partial charge in [0.15, 0.2) is 0 Å². The molecule has 6 nitrogen and oxygen atoms in total. The second kappa shape index (κ2) is 5.20. The summed E-state index contributed by atoms with van der Waals surface area (Å²) in [5, 5.41) is 11.6. The lowest BCUT2D eigenvalue weighted by Gasteiger charge is -2.10. The molecule has 1 aliphatic rings. The summed E-state index contributed by atoms with van der Waals surface area (Å²) < 4.78 is 1.97. The molecule has 1 aromatic heterocycles. The van der Waals surface area contributed by atoms with E-state index in [1.807, 2.05) is 10.8 Å². The third kappa shape index (κ3) is 2.69. The SMILES string of the molecule is O=C(O)C1(C(=O)NCCCCn2ccnc2)CC1. The normalized spacial score (nSPS) is 16.2. The van der Waals surface area contributed by atoms with Crippen molar-refractivity contribution in [3.05, 3.63) is 18.7 Å². The van der Waals surface area contributed by atoms with Crippen LogP contribution in [0.25, 0.3) is 0 Å². The summed E-state index contributed by atoms with van der Waals surface area (Å²) in [5.41, 5.74) is -1.12. The molecule has 0 bridgehead atoms. The number of rotatable bonds is 7. The highest BCUT2D eigenvalue weighted by atomic mass is 16.4. The van der Waals surface area contributed by atoms with Gasteiger partial charge in [0.1, 0.15) is 5.41 Å². The van der Waals surface area contributed by atoms with Crippen molar-refractivity contribution in [2.75, 3.05) is 6.54 Å². The molecule has 0 aliphatic heterocycles. The third-order valence-electron chi connectivity index (χ3n) is 3.28. The monoisotopic (exact) mass is 251 g/mol. The molecule has 1 aliphatic carbocycles. The molecule has 6 heteroatoms. The molecule has 0 saturated heterocycles. The van der Waals surface area contributed by atoms with Crippen LogP contribution in [0.15, 0.2) is 18.7 Å². The van der Waals surface area contributed by atoms with Crippen molar-refractivity contribution in [2.24, 2.45) is 5.41 Å². The van der Waals surface area contributed by atoms with Crippen LogP contribution in [0.3, 0.4) is 0 Å². The number of nitrogens with one attached hydrogen (secondary N) is 1. The third-order valence-corrected chi connectivity index (χ3v) is 3.28. The lowest BCUT2D eigenvalue weighted by Crippen LogP contribution is -2.37. The summed E-state index contributed by atoms with van der Waals surface area (Å²) in [6, 6.07) is 0. The van der Waals surface area contributed by atoms with E-state index in [0.717, 1.165) is 19.4 Å². The van der Waals surface area contributed by atoms with Crippen LogP contribution in [-0.2, 0) is 16.1 Å². The summed E-state index contributed by atoms with van der Waals surface area (Å²) in [6.07, 6.45) is 8.05. The molecule has 0 unspecified atom stereocenters. The molecule has 1 heterocycles. The molecule has 1 fully saturated rings. The zero-order valence-corrected chi connectivity index (χ0v) is 10.1. The van der Waals surface area contributed by atoms with E-state index in [0.29, 0.717) is 19.4 Å². The van der Waals surface area contributed by atoms with Crippen LogP contribution in [0.4, 0.5) is 0 Å². The van der Waals surface area contributed by atoms with Gasteiger partial charge in [-0.25, -0.2) is 4.98 Å². The van der Waals surface area contributed by atoms with Gasteiger partial charge < -0.3 is 15.0 Å². The first-order chi connectivity index (χ1) is 8.65. The topological polar surface area (TPSA) is 84.2 Å². The number of carboxylic acid groups (broad SMARTS) is 1. The molecular formula is C12H17N3O3. The van der Waals surface area contributed by atoms with Crippen molar-refractivity contribution in [1.82, 2.24) is 14.9 Å². The fourth-order valence-electron chi connectivity index (χ4n) is 1.87. The Morgan fingerprint density at radius 3 is 2.72 bits per heavy atom. The van der Waals surface area contributed by atoms with Crippen LogP contribution in [0, 0.1) is 5.41 Å². The van der Waals surface area contributed by atoms with Gasteiger partial charge in [-0.3, -0.25) is 9.59 Å². The molecule has 98 valence electrons. The van der Waals surface area contributed by atoms with E-state index < -0.39 is 11.4 Å². The van der Waals surface area contributed by atoms with E-state index >= 15 is 0 Å². The first kappa shape index (κ1) is 12.6. The summed E-state index contributed by atoms with van der Waals surface area (Å²) >= 11 is 0. The Kier molecular flexibility index (Phi) is 3.64. The van der Waals surface area contributed by atoms with Gasteiger partial charge in [-0.1, -0.05) is 0 Å². The Morgan fingerprint density at radius 1 is 1.39 bits per heavy atom. The quantitative estimate of drug-likeness (QED) is 0.550. The van der Waals surface area contributed by atoms with Crippen molar-refractivity contribution in [3.8, 4) is 0 Å². The average Bonchev–Trinajstić information content (AvgIpc) is 3.01. The predicted octanol–water partition coefficient (Wildman–Crippen LogP) is 0.644. The molecule has 2 rings (SSSR count). The second-order valence-corrected chi connectivity index (χ2v) is 4.65. The van der Waals surface area contributed by atoms with E-state index in [-0.39, 0.29) is 5.91 Å². The molecule has 1 aromatic rings. The Hall–Kier alpha value is -1.85. The molecule has 18 heavy (non-hydrogen) atoms. The second-order valence-electron chi connectivity index (χ2n) is 4.65. The van der Waals surface area contributed by atoms with E-state index in [4.69, 9.17) is 5.11 Å². The number of aryl methyl sites for hydroxylation is 1. The maximum Gasteiger partial charge on any atom is 0.319 e. The van der Waals surface area contributed by atoms with Crippen molar-refractivity contribution in [3.63, 3.8) is 0 Å². The van der Waals surface area contributed by atoms with Gasteiger partial charge >= 0.3 is 5.97 Å². The van der Waals surface area contributed by atoms with Crippen LogP contribution in [0.5, 0.6) is 0 Å². The first-order valence-electron chi connectivity index (χ1n) is 6.12. The molecular weight excluding hydrogens is 234 g/mol. The van der Waals surface area contributed by atoms with Crippen LogP contribution in [0.1, 0.15) is 25.7 Å². The number of hydrogen-bond acceptors (Lipinski definition) is 3. The highest BCUT2D eigenvalue weighted by molar-refractivity contribution is 6.04. The van der Waals surface area contributed by atoms with Crippen LogP contribution >= 0.6 is 0 Å². The van der Waals surface area contributed by atoms with Crippen molar-refractivity contribution >= 4 is 11.9 Å². The Balaban J connectivity index is 1.61. The minimum atomic E-state index is -1.12. The van der Waals surface area contributed by atoms with Gasteiger partial charge in [-0.2, -0.15) is 0 Å². The Labute approximate surface area is 105 Å². The number of carboxylic acids is 1. The summed E-state index contributed by atoms with van der Waals surface area (Å²) in [6.45, 7) is 1.39. The van der Waals surface area contributed by atoms with Gasteiger partial charge in [-0.05, 0) is 25.7 Å². The van der Waals surface area contributed by atoms with E-state index in [9.17, 15) is 9.59 Å². The molecule has 0 radical (unpaired) electrons. The van der Waals surface area contributed by atoms with Gasteiger partial charge in [0.25, 0.3) is 0 Å². The number of amides is 1. The highest BCUT2D eigenvalue weighted by Crippen LogP contribution is 2.45. The molecule has 2 N–H and O–H groups in total. The minimum absolute atomic E-state index is 0.336. The molecule has 0 atom stereocenters. The maximum atomic E-state index is 11.7. The lowest BCUT2D eigenvalue weighted by atomic mass is 10.1. The number of imidazole rings is 1. The van der Waals surface area contributed by atoms with E-state index in [1.54, 1.807) is 12.5 Å². The van der Waals surface area contributed by atoms with Gasteiger partial charge in [-0.15, -0.1) is 0 Å². The predicted molar refractivity (Wildman–Crippen MR) is 63.8 cm³/mol. The standard InChI is InChI=1S/C12H17N3O3/c16-10(12(3-4-12)11(17)18)14-5-1-2-7-15-8-6-13-9-15/h6,8-9H,1-5,7H2,(H,14,16)(H,17,18). The number of aromatic nitrogens is 2. The lowest BCUT2D eigenvalue weighted by molar-refractivity contribution is -0.149. The van der Waals surface area contributed by atoms with Crippen LogP contribution in [-0.4, -0.2) is 33.1 Å². The summed E-state index contributed by atoms with van der Waals surface area (Å²) in [4.78, 5) is 26.5. The van der Waals surface area contributed by atoms with Crippen LogP contribution in [0.2, 0.25) is 0 Å². The fraction of sp³-hybridized carbons (Fsp3) is 0.583. The van der Waals surface area contributed by atoms with Crippen molar-refractivity contribution < 1.29 is 14.7 Å². The van der Waals surface area contributed by atoms with Crippen molar-refractivity contribution in [2.45, 2.75) is 32.2 Å². The minimum Gasteiger partial charge on any atom is -0.480 e. The zero-order valence-electron chi connectivity index (χ0n) is 10.1. The molecule has 1 amide bonds. The average molecular weight is 251 g/mol. The van der Waals surface area contributed by atoms with E-state index in [2.05, 4.69) is 10.3 Å². The number of carbonyl (C=O) groups is 2. The number of unbranched alkanes of at least 4 members (excludes halogenated alkanes) is 1. The summed E-state index contributed by atoms with van der Waals surface area (Å²) in [5.74, 6) is -1.34. The maximum absolute atomic E-state index is 11.7. The van der Waals surface area contributed by atoms with Gasteiger partial charge in [0.2, 0.25) is 5.91 Å². The largest absolute Gasteiger partial charge is 0.480 e. The molecule has 0 spiro atoms. The number of carbonyl (C=O) groups excluding carboxylic acids is 1. The first-order valence-corrected chi connectivity index (χ1v) is 6.12. The highest BCUT2D eigenvalue weighted by Gasteiger charge is 2.56. The molecule has 1 saturated carbocycles. The zero-order chi connectivity index (χ0) is 13.0. The smallest absolute Gasteiger partial charge is 0.319 e. The number of aliphatic carboxylic acids is 1. The van der Waals surface area contributed by atoms with Crippen molar-refractivity contribution in [1.29, 1.82) is 0 Å². The van der Waals surface area contributed by atoms with E-state index in [1.165, 1.54) is 0 Å². The fourth-order valence-corrected chi connectivity index (χ4v) is 1.87. The summed E-state index contributed by atoms with van der Waals surface area (Å²) in [7, 11) is 0. The number of nitrogens with zero attached hydrogens (tertiary/aromatic N) is 2. The number of hydrogen-bond donors (Lipinski definition) is 2. The van der Waals surface area contributed by atoms with Gasteiger partial charge in [0.05, 0.1) is 6.33 Å². The molecule has 0 aromatic carbocycles.